The molecule has 2 unspecified atom stereocenters. The van der Waals surface area contributed by atoms with Crippen LogP contribution >= 0.6 is 0 Å². The molecule has 4 aliphatic rings. The second-order valence-electron chi connectivity index (χ2n) is 16.8. The first-order chi connectivity index (χ1) is 26.7. The zero-order valence-corrected chi connectivity index (χ0v) is 33.0. The Morgan fingerprint density at radius 3 is 2.16 bits per heavy atom. The van der Waals surface area contributed by atoms with Crippen LogP contribution in [0.4, 0.5) is 4.79 Å². The maximum atomic E-state index is 14.8. The highest BCUT2D eigenvalue weighted by Crippen LogP contribution is 2.61. The number of ether oxygens (including phenoxy) is 5. The Bertz CT molecular complexity index is 1930. The maximum Gasteiger partial charge on any atom is 0.408 e. The van der Waals surface area contributed by atoms with Crippen molar-refractivity contribution in [2.75, 3.05) is 6.61 Å². The summed E-state index contributed by atoms with van der Waals surface area (Å²) in [7, 11) is 0. The molecule has 12 atom stereocenters. The Morgan fingerprint density at radius 1 is 0.982 bits per heavy atom. The molecule has 2 saturated carbocycles. The molecule has 0 aromatic heterocycles. The van der Waals surface area contributed by atoms with Gasteiger partial charge in [0, 0.05) is 25.7 Å². The lowest BCUT2D eigenvalue weighted by Crippen LogP contribution is -2.81. The van der Waals surface area contributed by atoms with Crippen molar-refractivity contribution in [3.05, 3.63) is 82.9 Å². The zero-order valence-electron chi connectivity index (χ0n) is 33.0. The summed E-state index contributed by atoms with van der Waals surface area (Å²) in [6.07, 6.45) is -11.3. The lowest BCUT2D eigenvalue weighted by molar-refractivity contribution is -0.343. The van der Waals surface area contributed by atoms with Crippen LogP contribution in [0.3, 0.4) is 0 Å². The molecule has 3 aliphatic carbocycles. The van der Waals surface area contributed by atoms with E-state index in [9.17, 15) is 44.4 Å². The summed E-state index contributed by atoms with van der Waals surface area (Å²) in [6, 6.07) is 14.6. The molecule has 6 rings (SSSR count). The third-order valence-electron chi connectivity index (χ3n) is 12.1. The van der Waals surface area contributed by atoms with E-state index in [1.54, 1.807) is 69.3 Å². The van der Waals surface area contributed by atoms with Crippen molar-refractivity contribution in [2.24, 2.45) is 17.3 Å². The monoisotopic (exact) mass is 793 g/mol. The van der Waals surface area contributed by atoms with Gasteiger partial charge in [-0.05, 0) is 63.5 Å². The van der Waals surface area contributed by atoms with Gasteiger partial charge in [-0.2, -0.15) is 0 Å². The van der Waals surface area contributed by atoms with Crippen molar-refractivity contribution in [3.8, 4) is 0 Å². The quantitative estimate of drug-likeness (QED) is 0.147. The van der Waals surface area contributed by atoms with Gasteiger partial charge in [-0.1, -0.05) is 55.5 Å². The van der Waals surface area contributed by atoms with Crippen LogP contribution in [0.2, 0.25) is 0 Å². The number of Topliss-reactive ketones (excluding diaryl/α,β-unsaturated/α-hetero) is 1. The van der Waals surface area contributed by atoms with Crippen molar-refractivity contribution in [1.82, 2.24) is 5.32 Å². The molecular weight excluding hydrogens is 742 g/mol. The van der Waals surface area contributed by atoms with Crippen molar-refractivity contribution in [2.45, 2.75) is 121 Å². The van der Waals surface area contributed by atoms with E-state index in [2.05, 4.69) is 5.32 Å². The number of hydrogen-bond donors (Lipinski definition) is 5. The fourth-order valence-electron chi connectivity index (χ4n) is 9.21. The van der Waals surface area contributed by atoms with Gasteiger partial charge in [-0.3, -0.25) is 9.59 Å². The highest BCUT2D eigenvalue weighted by molar-refractivity contribution is 5.94. The Balaban J connectivity index is 1.46. The van der Waals surface area contributed by atoms with Gasteiger partial charge in [0.05, 0.1) is 35.6 Å². The van der Waals surface area contributed by atoms with Crippen molar-refractivity contribution in [3.63, 3.8) is 0 Å². The Kier molecular flexibility index (Phi) is 11.2. The standard InChI is InChI=1S/C42H51NO14/c1-21-26(54-37(50)32(47)30(24-14-10-8-11-15-24)43-38(51)57-39(4,5)6)19-41(52)22(2)29(21)31(46)34(48)40(7)27(45)18-28-42(20-53-28,56-23(3)44)33(40)35(41)55-36(49)25-16-12-9-13-17-25/h8-17,22,26-28,30-33,35,45-47,52H,18-20H2,1-7H3,(H,43,51)/t22-,26+,27+,28-,30?,31-,32+,33?,35+,40-,41+,42+/m1/s1. The summed E-state index contributed by atoms with van der Waals surface area (Å²) in [4.78, 5) is 68.5. The van der Waals surface area contributed by atoms with Gasteiger partial charge in [0.1, 0.15) is 35.6 Å². The number of aliphatic hydroxyl groups excluding tert-OH is 3. The lowest BCUT2D eigenvalue weighted by Gasteiger charge is -2.66. The largest absolute Gasteiger partial charge is 0.456 e. The molecule has 1 saturated heterocycles. The number of nitrogens with one attached hydrogen (secondary N) is 1. The molecule has 3 fully saturated rings. The molecule has 15 heteroatoms. The highest BCUT2D eigenvalue weighted by Gasteiger charge is 2.76. The van der Waals surface area contributed by atoms with Gasteiger partial charge in [0.2, 0.25) is 0 Å². The van der Waals surface area contributed by atoms with E-state index in [1.807, 2.05) is 0 Å². The van der Waals surface area contributed by atoms with Crippen molar-refractivity contribution < 1.29 is 68.1 Å². The fourth-order valence-corrected chi connectivity index (χ4v) is 9.21. The van der Waals surface area contributed by atoms with Gasteiger partial charge >= 0.3 is 24.0 Å². The van der Waals surface area contributed by atoms with E-state index in [0.717, 1.165) is 6.92 Å². The first kappa shape index (κ1) is 41.9. The van der Waals surface area contributed by atoms with Crippen LogP contribution in [0.25, 0.3) is 0 Å². The fraction of sp³-hybridized carbons (Fsp3) is 0.548. The van der Waals surface area contributed by atoms with E-state index in [4.69, 9.17) is 23.7 Å². The molecule has 15 nitrogen and oxygen atoms in total. The predicted octanol–water partition coefficient (Wildman–Crippen LogP) is 2.87. The number of amides is 1. The number of esters is 3. The van der Waals surface area contributed by atoms with E-state index in [-0.39, 0.29) is 29.7 Å². The number of fused-ring (bicyclic) bond motifs is 5. The summed E-state index contributed by atoms with van der Waals surface area (Å²) < 4.78 is 29.3. The summed E-state index contributed by atoms with van der Waals surface area (Å²) in [5.74, 6) is -6.48. The van der Waals surface area contributed by atoms with Gasteiger partial charge in [-0.25, -0.2) is 14.4 Å². The number of carbonyl (C=O) groups is 5. The molecule has 2 bridgehead atoms. The number of rotatable bonds is 8. The van der Waals surface area contributed by atoms with Crippen molar-refractivity contribution in [1.29, 1.82) is 0 Å². The molecule has 2 aromatic carbocycles. The van der Waals surface area contributed by atoms with Gasteiger partial charge in [0.25, 0.3) is 0 Å². The van der Waals surface area contributed by atoms with E-state index >= 15 is 0 Å². The third kappa shape index (κ3) is 7.35. The van der Waals surface area contributed by atoms with Gasteiger partial charge in [0.15, 0.2) is 17.5 Å². The third-order valence-corrected chi connectivity index (χ3v) is 12.1. The summed E-state index contributed by atoms with van der Waals surface area (Å²) in [5.41, 5.74) is -6.36. The Labute approximate surface area is 330 Å². The summed E-state index contributed by atoms with van der Waals surface area (Å²) in [5, 5.41) is 51.0. The number of alkyl carbamates (subject to hydrolysis) is 1. The van der Waals surface area contributed by atoms with Gasteiger partial charge in [-0.15, -0.1) is 0 Å². The molecule has 2 aromatic rings. The van der Waals surface area contributed by atoms with Crippen molar-refractivity contribution >= 4 is 29.8 Å². The summed E-state index contributed by atoms with van der Waals surface area (Å²) in [6.45, 7) is 10.2. The second-order valence-corrected chi connectivity index (χ2v) is 16.8. The van der Waals surface area contributed by atoms with Crippen LogP contribution in [0.5, 0.6) is 0 Å². The number of aliphatic hydroxyl groups is 4. The molecule has 0 radical (unpaired) electrons. The molecule has 308 valence electrons. The summed E-state index contributed by atoms with van der Waals surface area (Å²) >= 11 is 0. The smallest absolute Gasteiger partial charge is 0.408 e. The molecule has 0 spiro atoms. The number of ketones is 1. The normalized spacial score (nSPS) is 34.4. The molecule has 1 aliphatic heterocycles. The number of benzene rings is 2. The van der Waals surface area contributed by atoms with Crippen LogP contribution < -0.4 is 5.32 Å². The Morgan fingerprint density at radius 2 is 1.60 bits per heavy atom. The van der Waals surface area contributed by atoms with Crippen LogP contribution in [0, 0.1) is 17.3 Å². The highest BCUT2D eigenvalue weighted by atomic mass is 16.6. The van der Waals surface area contributed by atoms with Crippen LogP contribution in [-0.2, 0) is 38.1 Å². The first-order valence-corrected chi connectivity index (χ1v) is 19.0. The van der Waals surface area contributed by atoms with Gasteiger partial charge < -0.3 is 49.4 Å². The lowest BCUT2D eigenvalue weighted by atomic mass is 9.47. The zero-order chi connectivity index (χ0) is 41.8. The minimum atomic E-state index is -2.29. The minimum absolute atomic E-state index is 0.0475. The maximum absolute atomic E-state index is 14.8. The average Bonchev–Trinajstić information content (AvgIpc) is 3.15. The van der Waals surface area contributed by atoms with E-state index in [1.165, 1.54) is 32.9 Å². The topological polar surface area (TPSA) is 224 Å². The molecule has 1 amide bonds. The first-order valence-electron chi connectivity index (χ1n) is 19.0. The molecule has 1 heterocycles. The average molecular weight is 794 g/mol. The van der Waals surface area contributed by atoms with E-state index < -0.39 is 113 Å². The number of carbonyl (C=O) groups excluding carboxylic acids is 5. The molecular formula is C42H51NO14. The Hall–Kier alpha value is -4.67. The van der Waals surface area contributed by atoms with Crippen LogP contribution in [0.15, 0.2) is 71.8 Å². The van der Waals surface area contributed by atoms with Crippen LogP contribution in [0.1, 0.15) is 83.3 Å². The SMILES string of the molecule is CC(=O)O[C@@]12CO[C@@H]1C[C@H](O)[C@@]1(C)C(=O)[C@H](O)C3=C(C)[C@@H](OC(=O)[C@@H](O)C(NC(=O)OC(C)(C)C)c4ccccc4)C[C@](O)([C@@H]3C)[C@@H](OC(=O)c3ccccc3)C12. The van der Waals surface area contributed by atoms with E-state index in [0.29, 0.717) is 5.56 Å². The number of hydrogen-bond acceptors (Lipinski definition) is 14. The minimum Gasteiger partial charge on any atom is -0.456 e. The van der Waals surface area contributed by atoms with Crippen LogP contribution in [-0.4, -0.2) is 110 Å². The molecule has 5 N–H and O–H groups in total. The molecule has 57 heavy (non-hydrogen) atoms. The predicted molar refractivity (Wildman–Crippen MR) is 199 cm³/mol. The second kappa shape index (κ2) is 15.3.